The molecule has 1 aliphatic rings. The van der Waals surface area contributed by atoms with Gasteiger partial charge in [0, 0.05) is 17.0 Å². The van der Waals surface area contributed by atoms with Gasteiger partial charge in [-0.15, -0.1) is 0 Å². The largest absolute Gasteiger partial charge is 0.508 e. The minimum Gasteiger partial charge on any atom is -0.508 e. The Labute approximate surface area is 96.6 Å². The van der Waals surface area contributed by atoms with Gasteiger partial charge in [-0.2, -0.15) is 0 Å². The maximum absolute atomic E-state index is 9.49. The van der Waals surface area contributed by atoms with Crippen LogP contribution >= 0.6 is 0 Å². The predicted octanol–water partition coefficient (Wildman–Crippen LogP) is 3.75. The molecule has 0 bridgehead atoms. The number of ether oxygens (including phenoxy) is 1. The van der Waals surface area contributed by atoms with Crippen LogP contribution in [-0.2, 0) is 5.41 Å². The summed E-state index contributed by atoms with van der Waals surface area (Å²) < 4.78 is 5.74. The number of hydrogen-bond acceptors (Lipinski definition) is 2. The number of rotatable bonds is 1. The topological polar surface area (TPSA) is 29.5 Å². The van der Waals surface area contributed by atoms with Crippen LogP contribution in [0.1, 0.15) is 39.7 Å². The first-order valence-corrected chi connectivity index (χ1v) is 5.68. The fraction of sp³-hybridized carbons (Fsp3) is 0.429. The molecule has 86 valence electrons. The van der Waals surface area contributed by atoms with Crippen LogP contribution in [-0.4, -0.2) is 5.11 Å². The highest BCUT2D eigenvalue weighted by Gasteiger charge is 2.35. The second-order valence-electron chi connectivity index (χ2n) is 4.65. The van der Waals surface area contributed by atoms with E-state index in [-0.39, 0.29) is 11.2 Å². The number of hydrogen-bond donors (Lipinski definition) is 1. The van der Waals surface area contributed by atoms with Crippen LogP contribution in [0.15, 0.2) is 29.5 Å². The van der Waals surface area contributed by atoms with Gasteiger partial charge in [0.2, 0.25) is 0 Å². The summed E-state index contributed by atoms with van der Waals surface area (Å²) in [6.07, 6.45) is 1.03. The molecule has 1 aliphatic heterocycles. The molecule has 2 nitrogen and oxygen atoms in total. The zero-order chi connectivity index (χ0) is 11.9. The number of aromatic hydroxyl groups is 1. The standard InChI is InChI=1S/C14H18O2/c1-5-14(4)9(2)10(3)16-13-8-11(15)6-7-12(13)14/h6-8,15H,5H2,1-4H3. The average Bonchev–Trinajstić information content (AvgIpc) is 2.25. The van der Waals surface area contributed by atoms with Gasteiger partial charge in [-0.1, -0.05) is 19.9 Å². The van der Waals surface area contributed by atoms with Crippen LogP contribution in [0.5, 0.6) is 11.5 Å². The number of phenols is 1. The fourth-order valence-corrected chi connectivity index (χ4v) is 2.34. The molecule has 1 aromatic carbocycles. The van der Waals surface area contributed by atoms with Gasteiger partial charge >= 0.3 is 0 Å². The minimum atomic E-state index is 0.0192. The van der Waals surface area contributed by atoms with E-state index in [1.165, 1.54) is 5.57 Å². The van der Waals surface area contributed by atoms with Crippen molar-refractivity contribution in [1.82, 2.24) is 0 Å². The van der Waals surface area contributed by atoms with Crippen LogP contribution in [0.3, 0.4) is 0 Å². The highest BCUT2D eigenvalue weighted by atomic mass is 16.5. The summed E-state index contributed by atoms with van der Waals surface area (Å²) in [5.74, 6) is 1.99. The van der Waals surface area contributed by atoms with Crippen LogP contribution in [0.2, 0.25) is 0 Å². The highest BCUT2D eigenvalue weighted by Crippen LogP contribution is 2.46. The second-order valence-corrected chi connectivity index (χ2v) is 4.65. The second kappa shape index (κ2) is 3.55. The normalized spacial score (nSPS) is 24.0. The van der Waals surface area contributed by atoms with Gasteiger partial charge in [0.15, 0.2) is 0 Å². The molecule has 0 aromatic heterocycles. The Balaban J connectivity index is 2.65. The smallest absolute Gasteiger partial charge is 0.134 e. The highest BCUT2D eigenvalue weighted by molar-refractivity contribution is 5.51. The summed E-state index contributed by atoms with van der Waals surface area (Å²) in [4.78, 5) is 0. The Bertz CT molecular complexity index is 460. The van der Waals surface area contributed by atoms with Crippen molar-refractivity contribution in [3.05, 3.63) is 35.1 Å². The summed E-state index contributed by atoms with van der Waals surface area (Å²) in [7, 11) is 0. The van der Waals surface area contributed by atoms with E-state index in [1.807, 2.05) is 13.0 Å². The lowest BCUT2D eigenvalue weighted by Gasteiger charge is -2.36. The lowest BCUT2D eigenvalue weighted by atomic mass is 9.72. The summed E-state index contributed by atoms with van der Waals surface area (Å²) in [5.41, 5.74) is 2.45. The van der Waals surface area contributed by atoms with Gasteiger partial charge in [0.05, 0.1) is 0 Å². The van der Waals surface area contributed by atoms with Crippen molar-refractivity contribution in [2.75, 3.05) is 0 Å². The molecular formula is C14H18O2. The minimum absolute atomic E-state index is 0.0192. The van der Waals surface area contributed by atoms with E-state index >= 15 is 0 Å². The van der Waals surface area contributed by atoms with Crippen molar-refractivity contribution in [2.24, 2.45) is 0 Å². The lowest BCUT2D eigenvalue weighted by molar-refractivity contribution is 0.351. The van der Waals surface area contributed by atoms with Gasteiger partial charge in [0.25, 0.3) is 0 Å². The van der Waals surface area contributed by atoms with Gasteiger partial charge in [-0.25, -0.2) is 0 Å². The molecule has 0 amide bonds. The molecule has 0 spiro atoms. The molecule has 2 heteroatoms. The number of fused-ring (bicyclic) bond motifs is 1. The van der Waals surface area contributed by atoms with E-state index in [1.54, 1.807) is 12.1 Å². The molecule has 1 unspecified atom stereocenters. The van der Waals surface area contributed by atoms with Crippen molar-refractivity contribution < 1.29 is 9.84 Å². The first kappa shape index (κ1) is 11.1. The summed E-state index contributed by atoms with van der Waals surface area (Å²) in [5, 5.41) is 9.49. The molecule has 0 radical (unpaired) electrons. The van der Waals surface area contributed by atoms with Crippen molar-refractivity contribution in [2.45, 2.75) is 39.5 Å². The van der Waals surface area contributed by atoms with E-state index in [0.717, 1.165) is 23.5 Å². The van der Waals surface area contributed by atoms with E-state index in [2.05, 4.69) is 20.8 Å². The third kappa shape index (κ3) is 1.41. The maximum Gasteiger partial charge on any atom is 0.134 e. The average molecular weight is 218 g/mol. The summed E-state index contributed by atoms with van der Waals surface area (Å²) in [6, 6.07) is 5.38. The van der Waals surface area contributed by atoms with Gasteiger partial charge < -0.3 is 9.84 Å². The van der Waals surface area contributed by atoms with Gasteiger partial charge in [0.1, 0.15) is 17.3 Å². The fourth-order valence-electron chi connectivity index (χ4n) is 2.34. The number of benzene rings is 1. The number of allylic oxidation sites excluding steroid dienone is 2. The van der Waals surface area contributed by atoms with Gasteiger partial charge in [-0.3, -0.25) is 0 Å². The van der Waals surface area contributed by atoms with Crippen molar-refractivity contribution in [3.8, 4) is 11.5 Å². The first-order chi connectivity index (χ1) is 7.49. The Kier molecular flexibility index (Phi) is 2.45. The van der Waals surface area contributed by atoms with Crippen LogP contribution in [0, 0.1) is 0 Å². The molecule has 0 saturated heterocycles. The van der Waals surface area contributed by atoms with E-state index in [4.69, 9.17) is 4.74 Å². The van der Waals surface area contributed by atoms with E-state index in [9.17, 15) is 5.11 Å². The van der Waals surface area contributed by atoms with E-state index < -0.39 is 0 Å². The Morgan fingerprint density at radius 2 is 2.00 bits per heavy atom. The molecule has 0 aliphatic carbocycles. The Morgan fingerprint density at radius 1 is 1.31 bits per heavy atom. The van der Waals surface area contributed by atoms with Crippen molar-refractivity contribution in [1.29, 1.82) is 0 Å². The summed E-state index contributed by atoms with van der Waals surface area (Å²) in [6.45, 7) is 8.51. The molecule has 1 atom stereocenters. The molecule has 1 heterocycles. The monoisotopic (exact) mass is 218 g/mol. The third-order valence-electron chi connectivity index (χ3n) is 3.89. The zero-order valence-corrected chi connectivity index (χ0v) is 10.3. The quantitative estimate of drug-likeness (QED) is 0.778. The van der Waals surface area contributed by atoms with Crippen molar-refractivity contribution >= 4 is 0 Å². The predicted molar refractivity (Wildman–Crippen MR) is 64.8 cm³/mol. The first-order valence-electron chi connectivity index (χ1n) is 5.68. The molecule has 16 heavy (non-hydrogen) atoms. The molecule has 1 aromatic rings. The van der Waals surface area contributed by atoms with E-state index in [0.29, 0.717) is 0 Å². The summed E-state index contributed by atoms with van der Waals surface area (Å²) >= 11 is 0. The molecule has 0 fully saturated rings. The molecule has 2 rings (SSSR count). The lowest BCUT2D eigenvalue weighted by Crippen LogP contribution is -2.28. The molecule has 1 N–H and O–H groups in total. The van der Waals surface area contributed by atoms with Crippen LogP contribution in [0.4, 0.5) is 0 Å². The molecular weight excluding hydrogens is 200 g/mol. The Hall–Kier alpha value is -1.44. The Morgan fingerprint density at radius 3 is 2.62 bits per heavy atom. The molecule has 0 saturated carbocycles. The third-order valence-corrected chi connectivity index (χ3v) is 3.89. The van der Waals surface area contributed by atoms with Gasteiger partial charge in [-0.05, 0) is 31.9 Å². The zero-order valence-electron chi connectivity index (χ0n) is 10.3. The van der Waals surface area contributed by atoms with Crippen molar-refractivity contribution in [3.63, 3.8) is 0 Å². The maximum atomic E-state index is 9.49. The number of phenolic OH excluding ortho intramolecular Hbond substituents is 1. The van der Waals surface area contributed by atoms with Crippen LogP contribution < -0.4 is 4.74 Å². The SMILES string of the molecule is CCC1(C)C(C)=C(C)Oc2cc(O)ccc21. The van der Waals surface area contributed by atoms with Crippen LogP contribution in [0.25, 0.3) is 0 Å².